The highest BCUT2D eigenvalue weighted by Gasteiger charge is 2.22. The Morgan fingerprint density at radius 1 is 0.947 bits per heavy atom. The summed E-state index contributed by atoms with van der Waals surface area (Å²) in [4.78, 5) is 29.8. The molecule has 194 valence electrons. The maximum Gasteiger partial charge on any atom is 0.166 e. The van der Waals surface area contributed by atoms with E-state index in [0.717, 1.165) is 78.5 Å². The van der Waals surface area contributed by atoms with E-state index in [1.54, 1.807) is 0 Å². The number of morpholine rings is 1. The van der Waals surface area contributed by atoms with Crippen LogP contribution < -0.4 is 10.2 Å². The molecule has 1 saturated heterocycles. The highest BCUT2D eigenvalue weighted by Crippen LogP contribution is 2.33. The van der Waals surface area contributed by atoms with Crippen LogP contribution in [0.15, 0.2) is 48.9 Å². The molecule has 1 aromatic carbocycles. The SMILES string of the molecule is c1ccc2[nH]c(CNc3nc(-c4ccc(N5CCOCC5)nc4)nc4c3ncn4C3CCCCC3)nc2c1. The van der Waals surface area contributed by atoms with Crippen molar-refractivity contribution in [3.63, 3.8) is 0 Å². The smallest absolute Gasteiger partial charge is 0.166 e. The Balaban J connectivity index is 1.24. The zero-order chi connectivity index (χ0) is 25.3. The third-order valence-electron chi connectivity index (χ3n) is 7.59. The van der Waals surface area contributed by atoms with Crippen molar-refractivity contribution in [3.05, 3.63) is 54.7 Å². The largest absolute Gasteiger partial charge is 0.378 e. The van der Waals surface area contributed by atoms with Gasteiger partial charge in [-0.15, -0.1) is 0 Å². The minimum atomic E-state index is 0.418. The van der Waals surface area contributed by atoms with Crippen molar-refractivity contribution >= 4 is 33.8 Å². The van der Waals surface area contributed by atoms with Crippen molar-refractivity contribution in [1.29, 1.82) is 0 Å². The van der Waals surface area contributed by atoms with Crippen molar-refractivity contribution in [1.82, 2.24) is 34.5 Å². The Hall–Kier alpha value is -4.05. The number of imidazole rings is 2. The summed E-state index contributed by atoms with van der Waals surface area (Å²) in [7, 11) is 0. The first-order valence-electron chi connectivity index (χ1n) is 13.5. The minimum absolute atomic E-state index is 0.418. The fourth-order valence-electron chi connectivity index (χ4n) is 5.55. The molecule has 4 aromatic heterocycles. The summed E-state index contributed by atoms with van der Waals surface area (Å²) in [5, 5.41) is 3.49. The lowest BCUT2D eigenvalue weighted by molar-refractivity contribution is 0.122. The molecule has 7 rings (SSSR count). The molecule has 1 aliphatic heterocycles. The standard InChI is InChI=1S/C28H31N9O/c1-2-6-20(7-3-1)37-18-31-25-27(30-17-23-32-21-8-4-5-9-22(21)33-23)34-26(35-28(25)37)19-10-11-24(29-16-19)36-12-14-38-15-13-36/h4-5,8-11,16,18,20H,1-3,6-7,12-15,17H2,(H,32,33)(H,30,34,35). The molecule has 2 aliphatic rings. The van der Waals surface area contributed by atoms with Crippen LogP contribution in [0.1, 0.15) is 44.0 Å². The summed E-state index contributed by atoms with van der Waals surface area (Å²) < 4.78 is 7.73. The van der Waals surface area contributed by atoms with Crippen LogP contribution >= 0.6 is 0 Å². The fourth-order valence-corrected chi connectivity index (χ4v) is 5.55. The topological polar surface area (TPSA) is 110 Å². The number of nitrogens with zero attached hydrogens (tertiary/aromatic N) is 7. The summed E-state index contributed by atoms with van der Waals surface area (Å²) in [6.45, 7) is 3.67. The summed E-state index contributed by atoms with van der Waals surface area (Å²) in [5.74, 6) is 3.15. The van der Waals surface area contributed by atoms with E-state index in [1.807, 2.05) is 42.9 Å². The van der Waals surface area contributed by atoms with Gasteiger partial charge in [-0.1, -0.05) is 31.4 Å². The Kier molecular flexibility index (Phi) is 6.09. The molecule has 0 amide bonds. The molecular weight excluding hydrogens is 478 g/mol. The van der Waals surface area contributed by atoms with Gasteiger partial charge < -0.3 is 24.5 Å². The van der Waals surface area contributed by atoms with Gasteiger partial charge in [0.2, 0.25) is 0 Å². The monoisotopic (exact) mass is 509 g/mol. The van der Waals surface area contributed by atoms with Crippen LogP contribution in [0.5, 0.6) is 0 Å². The fraction of sp³-hybridized carbons (Fsp3) is 0.393. The molecule has 10 nitrogen and oxygen atoms in total. The number of pyridine rings is 1. The summed E-state index contributed by atoms with van der Waals surface area (Å²) in [6, 6.07) is 12.6. The Morgan fingerprint density at radius 3 is 2.63 bits per heavy atom. The summed E-state index contributed by atoms with van der Waals surface area (Å²) in [6.07, 6.45) is 9.90. The molecule has 0 atom stereocenters. The van der Waals surface area contributed by atoms with Gasteiger partial charge in [0.15, 0.2) is 17.3 Å². The van der Waals surface area contributed by atoms with Crippen molar-refractivity contribution < 1.29 is 4.74 Å². The number of para-hydroxylation sites is 2. The summed E-state index contributed by atoms with van der Waals surface area (Å²) in [5.41, 5.74) is 4.50. The molecule has 0 bridgehead atoms. The quantitative estimate of drug-likeness (QED) is 0.338. The molecule has 2 fully saturated rings. The number of aromatic amines is 1. The van der Waals surface area contributed by atoms with Crippen LogP contribution in [0.3, 0.4) is 0 Å². The average Bonchev–Trinajstić information content (AvgIpc) is 3.61. The lowest BCUT2D eigenvalue weighted by Crippen LogP contribution is -2.36. The number of benzene rings is 1. The predicted molar refractivity (Wildman–Crippen MR) is 147 cm³/mol. The van der Waals surface area contributed by atoms with Gasteiger partial charge in [-0.3, -0.25) is 0 Å². The predicted octanol–water partition coefficient (Wildman–Crippen LogP) is 4.72. The van der Waals surface area contributed by atoms with E-state index in [0.29, 0.717) is 24.2 Å². The van der Waals surface area contributed by atoms with Gasteiger partial charge in [0.25, 0.3) is 0 Å². The second kappa shape index (κ2) is 10.0. The average molecular weight is 510 g/mol. The molecule has 10 heteroatoms. The first-order chi connectivity index (χ1) is 18.8. The van der Waals surface area contributed by atoms with Crippen LogP contribution in [-0.2, 0) is 11.3 Å². The van der Waals surface area contributed by atoms with Gasteiger partial charge in [0, 0.05) is 30.9 Å². The molecule has 5 heterocycles. The van der Waals surface area contributed by atoms with E-state index in [-0.39, 0.29) is 0 Å². The van der Waals surface area contributed by atoms with Crippen LogP contribution in [0.4, 0.5) is 11.6 Å². The molecule has 38 heavy (non-hydrogen) atoms. The zero-order valence-electron chi connectivity index (χ0n) is 21.3. The minimum Gasteiger partial charge on any atom is -0.378 e. The van der Waals surface area contributed by atoms with Crippen LogP contribution in [0.25, 0.3) is 33.6 Å². The van der Waals surface area contributed by atoms with Crippen LogP contribution in [-0.4, -0.2) is 60.8 Å². The van der Waals surface area contributed by atoms with Gasteiger partial charge >= 0.3 is 0 Å². The number of anilines is 2. The number of hydrogen-bond donors (Lipinski definition) is 2. The number of aromatic nitrogens is 7. The second-order valence-corrected chi connectivity index (χ2v) is 10.1. The van der Waals surface area contributed by atoms with E-state index in [4.69, 9.17) is 29.7 Å². The van der Waals surface area contributed by atoms with E-state index in [9.17, 15) is 0 Å². The number of H-pyrrole nitrogens is 1. The van der Waals surface area contributed by atoms with E-state index >= 15 is 0 Å². The molecular formula is C28H31N9O. The normalized spacial score (nSPS) is 16.9. The molecule has 0 radical (unpaired) electrons. The van der Waals surface area contributed by atoms with Gasteiger partial charge in [0.05, 0.1) is 37.1 Å². The molecule has 5 aromatic rings. The van der Waals surface area contributed by atoms with Gasteiger partial charge in [-0.25, -0.2) is 24.9 Å². The number of fused-ring (bicyclic) bond motifs is 2. The molecule has 0 spiro atoms. The highest BCUT2D eigenvalue weighted by molar-refractivity contribution is 5.85. The van der Waals surface area contributed by atoms with Gasteiger partial charge in [0.1, 0.15) is 17.2 Å². The first kappa shape index (κ1) is 23.1. The molecule has 1 saturated carbocycles. The first-order valence-corrected chi connectivity index (χ1v) is 13.5. The number of hydrogen-bond acceptors (Lipinski definition) is 8. The van der Waals surface area contributed by atoms with Gasteiger partial charge in [-0.2, -0.15) is 0 Å². The summed E-state index contributed by atoms with van der Waals surface area (Å²) >= 11 is 0. The number of ether oxygens (including phenoxy) is 1. The molecule has 2 N–H and O–H groups in total. The third kappa shape index (κ3) is 4.45. The Labute approximate surface area is 220 Å². The third-order valence-corrected chi connectivity index (χ3v) is 7.59. The van der Waals surface area contributed by atoms with Crippen molar-refractivity contribution in [2.75, 3.05) is 36.5 Å². The lowest BCUT2D eigenvalue weighted by atomic mass is 9.95. The highest BCUT2D eigenvalue weighted by atomic mass is 16.5. The molecule has 0 unspecified atom stereocenters. The Bertz CT molecular complexity index is 1510. The zero-order valence-corrected chi connectivity index (χ0v) is 21.3. The van der Waals surface area contributed by atoms with Crippen LogP contribution in [0, 0.1) is 0 Å². The lowest BCUT2D eigenvalue weighted by Gasteiger charge is -2.27. The van der Waals surface area contributed by atoms with E-state index in [2.05, 4.69) is 25.8 Å². The van der Waals surface area contributed by atoms with Crippen molar-refractivity contribution in [3.8, 4) is 11.4 Å². The maximum absolute atomic E-state index is 5.48. The van der Waals surface area contributed by atoms with E-state index in [1.165, 1.54) is 19.3 Å². The van der Waals surface area contributed by atoms with Crippen molar-refractivity contribution in [2.45, 2.75) is 44.7 Å². The van der Waals surface area contributed by atoms with Crippen molar-refractivity contribution in [2.24, 2.45) is 0 Å². The second-order valence-electron chi connectivity index (χ2n) is 10.1. The van der Waals surface area contributed by atoms with E-state index < -0.39 is 0 Å². The van der Waals surface area contributed by atoms with Crippen LogP contribution in [0.2, 0.25) is 0 Å². The maximum atomic E-state index is 5.48. The number of rotatable bonds is 6. The Morgan fingerprint density at radius 2 is 1.82 bits per heavy atom. The van der Waals surface area contributed by atoms with Gasteiger partial charge in [-0.05, 0) is 37.1 Å². The molecule has 1 aliphatic carbocycles. The number of nitrogens with one attached hydrogen (secondary N) is 2.